The van der Waals surface area contributed by atoms with Crippen LogP contribution in [0, 0.1) is 11.6 Å². The van der Waals surface area contributed by atoms with Gasteiger partial charge in [0.2, 0.25) is 5.91 Å². The Labute approximate surface area is 237 Å². The van der Waals surface area contributed by atoms with Crippen molar-refractivity contribution in [3.63, 3.8) is 0 Å². The molecular formula is C26H21F7N4O6. The number of benzene rings is 2. The number of methoxy groups -OCH3 is 1. The number of nitrogens with zero attached hydrogens (tertiary/aromatic N) is 3. The van der Waals surface area contributed by atoms with Crippen molar-refractivity contribution in [3.05, 3.63) is 81.8 Å². The number of carbonyl (C=O) groups excluding carboxylic acids is 2. The van der Waals surface area contributed by atoms with Crippen LogP contribution in [0.15, 0.2) is 53.5 Å². The van der Waals surface area contributed by atoms with E-state index in [1.54, 1.807) is 0 Å². The number of nitrogens with one attached hydrogen (secondary N) is 1. The zero-order chi connectivity index (χ0) is 31.6. The lowest BCUT2D eigenvalue weighted by atomic mass is 9.92. The van der Waals surface area contributed by atoms with Gasteiger partial charge in [0.25, 0.3) is 11.5 Å². The Kier molecular flexibility index (Phi) is 8.93. The first kappa shape index (κ1) is 31.3. The summed E-state index contributed by atoms with van der Waals surface area (Å²) >= 11 is 0. The highest BCUT2D eigenvalue weighted by molar-refractivity contribution is 6.05. The minimum absolute atomic E-state index is 0.158. The molecule has 1 fully saturated rings. The average Bonchev–Trinajstić information content (AvgIpc) is 3.23. The van der Waals surface area contributed by atoms with E-state index in [9.17, 15) is 41.4 Å². The molecule has 1 aliphatic heterocycles. The number of hydrogen-bond acceptors (Lipinski definition) is 7. The van der Waals surface area contributed by atoms with Crippen LogP contribution in [-0.4, -0.2) is 65.3 Å². The maximum Gasteiger partial charge on any atom is 0.416 e. The molecule has 10 nitrogen and oxygen atoms in total. The van der Waals surface area contributed by atoms with Gasteiger partial charge in [0, 0.05) is 41.9 Å². The number of halogens is 7. The minimum Gasteiger partial charge on any atom is -0.497 e. The summed E-state index contributed by atoms with van der Waals surface area (Å²) in [6, 6.07) is 5.15. The summed E-state index contributed by atoms with van der Waals surface area (Å²) in [5.41, 5.74) is -2.60. The lowest BCUT2D eigenvalue weighted by Crippen LogP contribution is -2.45. The van der Waals surface area contributed by atoms with Gasteiger partial charge in [-0.25, -0.2) is 13.5 Å². The van der Waals surface area contributed by atoms with Crippen LogP contribution in [0.1, 0.15) is 21.8 Å². The van der Waals surface area contributed by atoms with E-state index >= 15 is 8.78 Å². The monoisotopic (exact) mass is 618 g/mol. The molecule has 3 atom stereocenters. The third-order valence-electron chi connectivity index (χ3n) is 6.51. The number of anilines is 1. The van der Waals surface area contributed by atoms with E-state index in [1.165, 1.54) is 0 Å². The summed E-state index contributed by atoms with van der Waals surface area (Å²) in [5, 5.41) is 15.2. The highest BCUT2D eigenvalue weighted by Crippen LogP contribution is 2.36. The van der Waals surface area contributed by atoms with E-state index < -0.39 is 84.2 Å². The van der Waals surface area contributed by atoms with Gasteiger partial charge in [-0.05, 0) is 30.3 Å². The molecule has 1 saturated heterocycles. The van der Waals surface area contributed by atoms with Crippen LogP contribution in [0.3, 0.4) is 0 Å². The van der Waals surface area contributed by atoms with Gasteiger partial charge in [-0.3, -0.25) is 14.4 Å². The normalized spacial score (nSPS) is 17.7. The maximum atomic E-state index is 15.1. The molecule has 0 radical (unpaired) electrons. The molecule has 3 aromatic rings. The van der Waals surface area contributed by atoms with Gasteiger partial charge in [-0.2, -0.15) is 27.1 Å². The second-order valence-corrected chi connectivity index (χ2v) is 9.18. The Bertz CT molecular complexity index is 1540. The highest BCUT2D eigenvalue weighted by Gasteiger charge is 2.46. The maximum absolute atomic E-state index is 15.1. The molecule has 17 heteroatoms. The second kappa shape index (κ2) is 12.3. The van der Waals surface area contributed by atoms with Crippen LogP contribution in [0.4, 0.5) is 36.4 Å². The van der Waals surface area contributed by atoms with Crippen LogP contribution in [-0.2, 0) is 11.3 Å². The number of amides is 2. The van der Waals surface area contributed by atoms with Crippen molar-refractivity contribution in [1.29, 1.82) is 0 Å². The third-order valence-corrected chi connectivity index (χ3v) is 6.51. The van der Waals surface area contributed by atoms with E-state index in [2.05, 4.69) is 15.2 Å². The van der Waals surface area contributed by atoms with Crippen molar-refractivity contribution in [2.24, 2.45) is 0 Å². The lowest BCUT2D eigenvalue weighted by Gasteiger charge is -2.20. The van der Waals surface area contributed by atoms with Crippen molar-refractivity contribution in [2.45, 2.75) is 37.4 Å². The fraction of sp³-hybridized carbons (Fsp3) is 0.308. The molecule has 0 bridgehead atoms. The van der Waals surface area contributed by atoms with E-state index in [4.69, 9.17) is 4.74 Å². The Morgan fingerprint density at radius 2 is 1.72 bits per heavy atom. The first-order valence-corrected chi connectivity index (χ1v) is 12.2. The molecule has 43 heavy (non-hydrogen) atoms. The van der Waals surface area contributed by atoms with Crippen molar-refractivity contribution < 1.29 is 54.9 Å². The molecule has 2 N–H and O–H groups in total. The molecule has 1 unspecified atom stereocenters. The van der Waals surface area contributed by atoms with E-state index in [1.807, 2.05) is 0 Å². The molecule has 1 aliphatic rings. The molecule has 0 aliphatic carbocycles. The van der Waals surface area contributed by atoms with Crippen LogP contribution >= 0.6 is 0 Å². The smallest absolute Gasteiger partial charge is 0.416 e. The first-order valence-electron chi connectivity index (χ1n) is 12.2. The Balaban J connectivity index is 1.72. The number of aliphatic hydroxyl groups excluding tert-OH is 1. The number of aromatic nitrogens is 2. The van der Waals surface area contributed by atoms with Crippen molar-refractivity contribution in [1.82, 2.24) is 15.1 Å². The quantitative estimate of drug-likeness (QED) is 0.354. The average molecular weight is 618 g/mol. The van der Waals surface area contributed by atoms with Gasteiger partial charge in [0.1, 0.15) is 34.9 Å². The molecule has 4 rings (SSSR count). The van der Waals surface area contributed by atoms with Crippen molar-refractivity contribution in [2.75, 3.05) is 18.6 Å². The van der Waals surface area contributed by atoms with Gasteiger partial charge in [-0.1, -0.05) is 0 Å². The molecule has 2 amide bonds. The topological polar surface area (TPSA) is 123 Å². The summed E-state index contributed by atoms with van der Waals surface area (Å²) < 4.78 is 103. The van der Waals surface area contributed by atoms with E-state index in [0.717, 1.165) is 60.7 Å². The largest absolute Gasteiger partial charge is 0.497 e. The van der Waals surface area contributed by atoms with Gasteiger partial charge < -0.3 is 24.8 Å². The van der Waals surface area contributed by atoms with Gasteiger partial charge in [0.05, 0.1) is 13.7 Å². The van der Waals surface area contributed by atoms with Gasteiger partial charge in [-0.15, -0.1) is 0 Å². The first-order chi connectivity index (χ1) is 20.2. The van der Waals surface area contributed by atoms with Crippen molar-refractivity contribution >= 4 is 17.5 Å². The summed E-state index contributed by atoms with van der Waals surface area (Å²) in [5.74, 6) is -6.31. The van der Waals surface area contributed by atoms with Crippen LogP contribution in [0.25, 0.3) is 0 Å². The summed E-state index contributed by atoms with van der Waals surface area (Å²) in [4.78, 5) is 40.3. The zero-order valence-electron chi connectivity index (χ0n) is 21.8. The summed E-state index contributed by atoms with van der Waals surface area (Å²) in [6.07, 6.45) is -7.18. The molecule has 1 aromatic heterocycles. The SMILES string of the molecule is COc1cc(F)c([C@@H]2CN(c3ccnn(CC(O)C(F)(F)F)c3=O)C(=O)[C@H]2NC(=O)c2ccc(OC(F)F)cc2)c(F)c1. The number of ether oxygens (including phenoxy) is 2. The summed E-state index contributed by atoms with van der Waals surface area (Å²) in [7, 11) is 1.15. The molecule has 2 aromatic carbocycles. The van der Waals surface area contributed by atoms with E-state index in [0.29, 0.717) is 0 Å². The number of hydrogen-bond donors (Lipinski definition) is 2. The predicted molar refractivity (Wildman–Crippen MR) is 133 cm³/mol. The van der Waals surface area contributed by atoms with Gasteiger partial charge >= 0.3 is 12.8 Å². The fourth-order valence-electron chi connectivity index (χ4n) is 4.46. The molecule has 2 heterocycles. The number of aliphatic hydroxyl groups is 1. The minimum atomic E-state index is -5.09. The Morgan fingerprint density at radius 3 is 2.28 bits per heavy atom. The predicted octanol–water partition coefficient (Wildman–Crippen LogP) is 2.98. The third kappa shape index (κ3) is 6.71. The Morgan fingerprint density at radius 1 is 1.09 bits per heavy atom. The number of rotatable bonds is 9. The molecule has 230 valence electrons. The molecule has 0 spiro atoms. The van der Waals surface area contributed by atoms with Crippen LogP contribution in [0.2, 0.25) is 0 Å². The number of carbonyl (C=O) groups is 2. The van der Waals surface area contributed by atoms with Crippen LogP contribution in [0.5, 0.6) is 11.5 Å². The fourth-order valence-corrected chi connectivity index (χ4v) is 4.46. The van der Waals surface area contributed by atoms with E-state index in [-0.39, 0.29) is 21.7 Å². The van der Waals surface area contributed by atoms with Crippen molar-refractivity contribution in [3.8, 4) is 11.5 Å². The van der Waals surface area contributed by atoms with Crippen LogP contribution < -0.4 is 25.2 Å². The summed E-state index contributed by atoms with van der Waals surface area (Å²) in [6.45, 7) is -5.06. The lowest BCUT2D eigenvalue weighted by molar-refractivity contribution is -0.208. The van der Waals surface area contributed by atoms with Gasteiger partial charge in [0.15, 0.2) is 6.10 Å². The zero-order valence-corrected chi connectivity index (χ0v) is 21.8. The Hall–Kier alpha value is -4.67. The highest BCUT2D eigenvalue weighted by atomic mass is 19.4. The standard InChI is InChI=1S/C26H21F7N4O6/c1-42-14-8-16(27)20(17(28)9-14)15-10-36(18-6-7-34-37(23(18)40)11-19(38)26(31,32)33)24(41)21(15)35-22(39)12-2-4-13(5-3-12)43-25(29)30/h2-9,15,19,21,25,38H,10-11H2,1H3,(H,35,39)/t15-,19?,21-/m0/s1. The number of alkyl halides is 5. The second-order valence-electron chi connectivity index (χ2n) is 9.18. The molecule has 0 saturated carbocycles. The molecular weight excluding hydrogens is 597 g/mol.